The fraction of sp³-hybridized carbons (Fsp3) is 0.400. The van der Waals surface area contributed by atoms with E-state index in [0.29, 0.717) is 0 Å². The van der Waals surface area contributed by atoms with Crippen LogP contribution >= 0.6 is 0 Å². The molecule has 3 heteroatoms. The number of ether oxygens (including phenoxy) is 1. The van der Waals surface area contributed by atoms with Crippen molar-refractivity contribution in [3.8, 4) is 0 Å². The molecule has 13 heavy (non-hydrogen) atoms. The van der Waals surface area contributed by atoms with E-state index in [9.17, 15) is 4.39 Å². The Morgan fingerprint density at radius 2 is 2.38 bits per heavy atom. The van der Waals surface area contributed by atoms with Gasteiger partial charge in [0.25, 0.3) is 0 Å². The Balaban J connectivity index is 2.16. The minimum absolute atomic E-state index is 0.148. The number of rotatable bonds is 1. The van der Waals surface area contributed by atoms with Crippen molar-refractivity contribution in [2.24, 2.45) is 0 Å². The lowest BCUT2D eigenvalue weighted by Crippen LogP contribution is -2.14. The Labute approximate surface area is 76.7 Å². The van der Waals surface area contributed by atoms with Gasteiger partial charge >= 0.3 is 0 Å². The van der Waals surface area contributed by atoms with Crippen molar-refractivity contribution in [2.75, 3.05) is 6.54 Å². The summed E-state index contributed by atoms with van der Waals surface area (Å²) in [6, 6.07) is 6.48. The van der Waals surface area contributed by atoms with Gasteiger partial charge in [-0.15, -0.1) is 0 Å². The van der Waals surface area contributed by atoms with E-state index >= 15 is 0 Å². The van der Waals surface area contributed by atoms with Crippen LogP contribution in [-0.2, 0) is 4.74 Å². The highest BCUT2D eigenvalue weighted by atomic mass is 19.1. The fourth-order valence-corrected chi connectivity index (χ4v) is 1.47. The summed E-state index contributed by atoms with van der Waals surface area (Å²) >= 11 is 0. The third kappa shape index (κ3) is 1.87. The SMILES string of the molecule is CC1CNC(c2cccc(F)c2)O1. The molecule has 1 heterocycles. The molecule has 0 radical (unpaired) electrons. The Kier molecular flexibility index (Phi) is 2.29. The average molecular weight is 181 g/mol. The first-order chi connectivity index (χ1) is 6.25. The quantitative estimate of drug-likeness (QED) is 0.713. The van der Waals surface area contributed by atoms with Crippen molar-refractivity contribution in [2.45, 2.75) is 19.3 Å². The lowest BCUT2D eigenvalue weighted by Gasteiger charge is -2.10. The Bertz CT molecular complexity index is 303. The maximum atomic E-state index is 12.8. The lowest BCUT2D eigenvalue weighted by atomic mass is 10.2. The predicted octanol–water partition coefficient (Wildman–Crippen LogP) is 1.83. The van der Waals surface area contributed by atoms with Crippen molar-refractivity contribution in [1.82, 2.24) is 5.32 Å². The van der Waals surface area contributed by atoms with Gasteiger partial charge in [-0.3, -0.25) is 5.32 Å². The molecule has 1 N–H and O–H groups in total. The first-order valence-electron chi connectivity index (χ1n) is 4.40. The number of halogens is 1. The maximum Gasteiger partial charge on any atom is 0.134 e. The smallest absolute Gasteiger partial charge is 0.134 e. The van der Waals surface area contributed by atoms with Gasteiger partial charge in [0.2, 0.25) is 0 Å². The molecule has 1 aliphatic rings. The molecular formula is C10H12FNO. The number of nitrogens with one attached hydrogen (secondary N) is 1. The molecule has 1 saturated heterocycles. The van der Waals surface area contributed by atoms with Crippen LogP contribution in [0.2, 0.25) is 0 Å². The Hall–Kier alpha value is -0.930. The van der Waals surface area contributed by atoms with Gasteiger partial charge in [-0.25, -0.2) is 4.39 Å². The minimum Gasteiger partial charge on any atom is -0.355 e. The van der Waals surface area contributed by atoms with Crippen molar-refractivity contribution in [3.63, 3.8) is 0 Å². The second-order valence-corrected chi connectivity index (χ2v) is 3.29. The third-order valence-electron chi connectivity index (χ3n) is 2.11. The van der Waals surface area contributed by atoms with Crippen molar-refractivity contribution in [3.05, 3.63) is 35.6 Å². The first kappa shape index (κ1) is 8.66. The van der Waals surface area contributed by atoms with Gasteiger partial charge in [0, 0.05) is 6.54 Å². The summed E-state index contributed by atoms with van der Waals surface area (Å²) in [5.41, 5.74) is 0.851. The van der Waals surface area contributed by atoms with E-state index in [0.717, 1.165) is 12.1 Å². The van der Waals surface area contributed by atoms with Gasteiger partial charge in [0.15, 0.2) is 0 Å². The molecule has 0 aliphatic carbocycles. The van der Waals surface area contributed by atoms with Crippen LogP contribution in [0.1, 0.15) is 18.7 Å². The standard InChI is InChI=1S/C10H12FNO/c1-7-6-12-10(13-7)8-3-2-4-9(11)5-8/h2-5,7,10,12H,6H2,1H3. The van der Waals surface area contributed by atoms with E-state index in [1.54, 1.807) is 6.07 Å². The molecule has 0 spiro atoms. The number of benzene rings is 1. The normalized spacial score (nSPS) is 27.8. The van der Waals surface area contributed by atoms with Gasteiger partial charge in [0.05, 0.1) is 6.10 Å². The van der Waals surface area contributed by atoms with Crippen molar-refractivity contribution < 1.29 is 9.13 Å². The van der Waals surface area contributed by atoms with E-state index < -0.39 is 0 Å². The largest absolute Gasteiger partial charge is 0.355 e. The van der Waals surface area contributed by atoms with Crippen LogP contribution in [0.4, 0.5) is 4.39 Å². The molecule has 2 atom stereocenters. The zero-order valence-corrected chi connectivity index (χ0v) is 7.46. The van der Waals surface area contributed by atoms with E-state index in [1.807, 2.05) is 13.0 Å². The molecule has 1 aromatic rings. The van der Waals surface area contributed by atoms with Crippen LogP contribution in [0.25, 0.3) is 0 Å². The van der Waals surface area contributed by atoms with Crippen LogP contribution in [-0.4, -0.2) is 12.6 Å². The Morgan fingerprint density at radius 3 is 3.00 bits per heavy atom. The molecule has 1 aliphatic heterocycles. The third-order valence-corrected chi connectivity index (χ3v) is 2.11. The van der Waals surface area contributed by atoms with Gasteiger partial charge in [0.1, 0.15) is 12.0 Å². The average Bonchev–Trinajstić information content (AvgIpc) is 2.52. The summed E-state index contributed by atoms with van der Waals surface area (Å²) in [4.78, 5) is 0. The monoisotopic (exact) mass is 181 g/mol. The zero-order chi connectivity index (χ0) is 9.26. The fourth-order valence-electron chi connectivity index (χ4n) is 1.47. The summed E-state index contributed by atoms with van der Waals surface area (Å²) < 4.78 is 18.4. The van der Waals surface area contributed by atoms with Crippen LogP contribution in [0, 0.1) is 5.82 Å². The number of hydrogen-bond acceptors (Lipinski definition) is 2. The van der Waals surface area contributed by atoms with Gasteiger partial charge in [-0.05, 0) is 24.6 Å². The predicted molar refractivity (Wildman–Crippen MR) is 47.7 cm³/mol. The lowest BCUT2D eigenvalue weighted by molar-refractivity contribution is 0.0509. The first-order valence-corrected chi connectivity index (χ1v) is 4.40. The molecule has 1 aromatic carbocycles. The van der Waals surface area contributed by atoms with Gasteiger partial charge < -0.3 is 4.74 Å². The minimum atomic E-state index is -0.220. The topological polar surface area (TPSA) is 21.3 Å². The second kappa shape index (κ2) is 3.44. The van der Waals surface area contributed by atoms with Crippen molar-refractivity contribution >= 4 is 0 Å². The maximum absolute atomic E-state index is 12.8. The summed E-state index contributed by atoms with van der Waals surface area (Å²) in [6.07, 6.45) is 0.0546. The second-order valence-electron chi connectivity index (χ2n) is 3.29. The van der Waals surface area contributed by atoms with Crippen molar-refractivity contribution in [1.29, 1.82) is 0 Å². The summed E-state index contributed by atoms with van der Waals surface area (Å²) in [5, 5.41) is 3.16. The van der Waals surface area contributed by atoms with Crippen LogP contribution in [0.5, 0.6) is 0 Å². The van der Waals surface area contributed by atoms with Crippen LogP contribution in [0.3, 0.4) is 0 Å². The summed E-state index contributed by atoms with van der Waals surface area (Å²) in [5.74, 6) is -0.220. The molecule has 2 nitrogen and oxygen atoms in total. The molecule has 2 unspecified atom stereocenters. The van der Waals surface area contributed by atoms with Crippen LogP contribution in [0.15, 0.2) is 24.3 Å². The summed E-state index contributed by atoms with van der Waals surface area (Å²) in [7, 11) is 0. The highest BCUT2D eigenvalue weighted by Gasteiger charge is 2.22. The number of hydrogen-bond donors (Lipinski definition) is 1. The highest BCUT2D eigenvalue weighted by Crippen LogP contribution is 2.21. The highest BCUT2D eigenvalue weighted by molar-refractivity contribution is 5.19. The molecule has 2 rings (SSSR count). The molecule has 0 saturated carbocycles. The Morgan fingerprint density at radius 1 is 1.54 bits per heavy atom. The van der Waals surface area contributed by atoms with E-state index in [1.165, 1.54) is 12.1 Å². The van der Waals surface area contributed by atoms with Gasteiger partial charge in [-0.2, -0.15) is 0 Å². The molecular weight excluding hydrogens is 169 g/mol. The van der Waals surface area contributed by atoms with E-state index in [2.05, 4.69) is 5.32 Å². The van der Waals surface area contributed by atoms with Gasteiger partial charge in [-0.1, -0.05) is 12.1 Å². The van der Waals surface area contributed by atoms with E-state index in [-0.39, 0.29) is 18.1 Å². The molecule has 0 amide bonds. The molecule has 1 fully saturated rings. The van der Waals surface area contributed by atoms with Crippen LogP contribution < -0.4 is 5.32 Å². The van der Waals surface area contributed by atoms with E-state index in [4.69, 9.17) is 4.74 Å². The molecule has 70 valence electrons. The zero-order valence-electron chi connectivity index (χ0n) is 7.46. The molecule has 0 bridgehead atoms. The molecule has 0 aromatic heterocycles. The summed E-state index contributed by atoms with van der Waals surface area (Å²) in [6.45, 7) is 2.81.